The Morgan fingerprint density at radius 3 is 1.43 bits per heavy atom. The molecule has 0 saturated carbocycles. The Bertz CT molecular complexity index is 2570. The zero-order valence-electron chi connectivity index (χ0n) is 26.6. The van der Waals surface area contributed by atoms with Crippen LogP contribution in [-0.4, -0.2) is 9.97 Å². The fourth-order valence-corrected chi connectivity index (χ4v) is 6.54. The molecule has 9 aromatic rings. The lowest BCUT2D eigenvalue weighted by molar-refractivity contribution is 0.669. The maximum absolute atomic E-state index is 6.26. The highest BCUT2D eigenvalue weighted by Gasteiger charge is 2.14. The highest BCUT2D eigenvalue weighted by atomic mass is 16.3. The van der Waals surface area contributed by atoms with Crippen LogP contribution < -0.4 is 0 Å². The number of benzene rings is 7. The Labute approximate surface area is 284 Å². The van der Waals surface area contributed by atoms with E-state index < -0.39 is 0 Å². The van der Waals surface area contributed by atoms with Gasteiger partial charge in [0, 0.05) is 27.5 Å². The molecule has 3 heteroatoms. The number of nitrogens with zero attached hydrogens (tertiary/aromatic N) is 2. The maximum atomic E-state index is 6.26. The van der Waals surface area contributed by atoms with Crippen LogP contribution in [-0.2, 0) is 0 Å². The molecule has 230 valence electrons. The molecule has 0 atom stereocenters. The van der Waals surface area contributed by atoms with E-state index >= 15 is 0 Å². The zero-order valence-corrected chi connectivity index (χ0v) is 26.6. The van der Waals surface area contributed by atoms with Crippen LogP contribution in [0.25, 0.3) is 89.2 Å². The molecule has 0 saturated heterocycles. The van der Waals surface area contributed by atoms with Crippen molar-refractivity contribution in [1.82, 2.24) is 9.97 Å². The summed E-state index contributed by atoms with van der Waals surface area (Å²) in [5, 5.41) is 2.21. The molecule has 0 fully saturated rings. The molecule has 2 aromatic heterocycles. The van der Waals surface area contributed by atoms with Crippen molar-refractivity contribution < 1.29 is 4.42 Å². The second-order valence-corrected chi connectivity index (χ2v) is 12.2. The minimum atomic E-state index is 0.673. The van der Waals surface area contributed by atoms with Gasteiger partial charge < -0.3 is 4.42 Å². The van der Waals surface area contributed by atoms with Gasteiger partial charge in [0.05, 0.1) is 11.4 Å². The third-order valence-corrected chi connectivity index (χ3v) is 9.13. The van der Waals surface area contributed by atoms with Crippen LogP contribution in [0.2, 0.25) is 0 Å². The molecule has 49 heavy (non-hydrogen) atoms. The van der Waals surface area contributed by atoms with Crippen LogP contribution in [0.3, 0.4) is 0 Å². The molecule has 7 aromatic carbocycles. The molecule has 0 spiro atoms. The van der Waals surface area contributed by atoms with Gasteiger partial charge in [-0.3, -0.25) is 0 Å². The van der Waals surface area contributed by atoms with Crippen molar-refractivity contribution in [2.24, 2.45) is 0 Å². The number of para-hydroxylation sites is 1. The molecule has 0 aliphatic carbocycles. The Kier molecular flexibility index (Phi) is 7.14. The number of fused-ring (bicyclic) bond motifs is 3. The molecule has 2 heterocycles. The second kappa shape index (κ2) is 12.2. The van der Waals surface area contributed by atoms with Gasteiger partial charge in [-0.2, -0.15) is 0 Å². The maximum Gasteiger partial charge on any atom is 0.160 e. The van der Waals surface area contributed by atoms with E-state index in [1.165, 1.54) is 22.3 Å². The smallest absolute Gasteiger partial charge is 0.160 e. The SMILES string of the molecule is c1ccc(-c2ccc(-c3cccc(-c4nc(-c5ccc(-c6ccccc6)cc5)cc(-c5ccc6c(c5)oc5ccccc56)n4)c3)cc2)cc1. The normalized spacial score (nSPS) is 11.3. The summed E-state index contributed by atoms with van der Waals surface area (Å²) < 4.78 is 6.26. The largest absolute Gasteiger partial charge is 0.456 e. The van der Waals surface area contributed by atoms with Gasteiger partial charge in [0.25, 0.3) is 0 Å². The van der Waals surface area contributed by atoms with Gasteiger partial charge in [0.1, 0.15) is 11.2 Å². The van der Waals surface area contributed by atoms with Gasteiger partial charge in [0.15, 0.2) is 5.82 Å². The highest BCUT2D eigenvalue weighted by molar-refractivity contribution is 6.05. The van der Waals surface area contributed by atoms with Crippen LogP contribution in [0.15, 0.2) is 186 Å². The summed E-state index contributed by atoms with van der Waals surface area (Å²) in [6, 6.07) is 63.3. The minimum absolute atomic E-state index is 0.673. The molecule has 0 aliphatic rings. The molecule has 3 nitrogen and oxygen atoms in total. The van der Waals surface area contributed by atoms with Gasteiger partial charge in [0.2, 0.25) is 0 Å². The molecule has 0 N–H and O–H groups in total. The van der Waals surface area contributed by atoms with Crippen molar-refractivity contribution in [3.05, 3.63) is 182 Å². The standard InChI is InChI=1S/C46H30N2O/c1-3-10-31(11-4-1)33-18-20-35(21-19-33)37-14-9-15-39(28-37)46-47-42(36-24-22-34(23-25-36)32-12-5-2-6-13-32)30-43(48-46)38-26-27-41-40-16-7-8-17-44(40)49-45(41)29-38/h1-30H. The average molecular weight is 627 g/mol. The molecule has 0 amide bonds. The first-order valence-electron chi connectivity index (χ1n) is 16.5. The number of hydrogen-bond acceptors (Lipinski definition) is 3. The predicted molar refractivity (Wildman–Crippen MR) is 202 cm³/mol. The first-order chi connectivity index (χ1) is 24.2. The lowest BCUT2D eigenvalue weighted by Gasteiger charge is -2.11. The summed E-state index contributed by atoms with van der Waals surface area (Å²) >= 11 is 0. The van der Waals surface area contributed by atoms with Crippen LogP contribution in [0.1, 0.15) is 0 Å². The zero-order chi connectivity index (χ0) is 32.6. The lowest BCUT2D eigenvalue weighted by Crippen LogP contribution is -1.96. The van der Waals surface area contributed by atoms with Crippen molar-refractivity contribution in [3.8, 4) is 67.3 Å². The fourth-order valence-electron chi connectivity index (χ4n) is 6.54. The Balaban J connectivity index is 1.14. The van der Waals surface area contributed by atoms with Gasteiger partial charge in [-0.15, -0.1) is 0 Å². The van der Waals surface area contributed by atoms with Gasteiger partial charge in [-0.25, -0.2) is 9.97 Å². The number of aromatic nitrogens is 2. The van der Waals surface area contributed by atoms with E-state index in [1.807, 2.05) is 30.3 Å². The summed E-state index contributed by atoms with van der Waals surface area (Å²) in [4.78, 5) is 10.3. The van der Waals surface area contributed by atoms with E-state index in [-0.39, 0.29) is 0 Å². The van der Waals surface area contributed by atoms with Gasteiger partial charge in [-0.1, -0.05) is 152 Å². The molecule has 0 bridgehead atoms. The Hall–Kier alpha value is -6.58. The summed E-state index contributed by atoms with van der Waals surface area (Å²) in [7, 11) is 0. The van der Waals surface area contributed by atoms with Crippen LogP contribution in [0.5, 0.6) is 0 Å². The molecule has 0 aliphatic heterocycles. The Morgan fingerprint density at radius 1 is 0.286 bits per heavy atom. The van der Waals surface area contributed by atoms with E-state index in [4.69, 9.17) is 14.4 Å². The summed E-state index contributed by atoms with van der Waals surface area (Å²) in [6.07, 6.45) is 0. The van der Waals surface area contributed by atoms with Gasteiger partial charge >= 0.3 is 0 Å². The summed E-state index contributed by atoms with van der Waals surface area (Å²) in [6.45, 7) is 0. The summed E-state index contributed by atoms with van der Waals surface area (Å²) in [5.41, 5.74) is 13.4. The molecular formula is C46H30N2O. The predicted octanol–water partition coefficient (Wildman–Crippen LogP) is 12.4. The number of furan rings is 1. The van der Waals surface area contributed by atoms with Crippen molar-refractivity contribution in [1.29, 1.82) is 0 Å². The first-order valence-corrected chi connectivity index (χ1v) is 16.5. The number of hydrogen-bond donors (Lipinski definition) is 0. The van der Waals surface area contributed by atoms with E-state index in [0.29, 0.717) is 5.82 Å². The van der Waals surface area contributed by atoms with E-state index in [0.717, 1.165) is 61.1 Å². The van der Waals surface area contributed by atoms with Crippen LogP contribution in [0, 0.1) is 0 Å². The van der Waals surface area contributed by atoms with Crippen molar-refractivity contribution in [3.63, 3.8) is 0 Å². The average Bonchev–Trinajstić information content (AvgIpc) is 3.57. The van der Waals surface area contributed by atoms with Gasteiger partial charge in [-0.05, 0) is 63.7 Å². The van der Waals surface area contributed by atoms with Crippen LogP contribution >= 0.6 is 0 Å². The van der Waals surface area contributed by atoms with Crippen LogP contribution in [0.4, 0.5) is 0 Å². The molecular weight excluding hydrogens is 597 g/mol. The monoisotopic (exact) mass is 626 g/mol. The topological polar surface area (TPSA) is 38.9 Å². The van der Waals surface area contributed by atoms with E-state index in [2.05, 4.69) is 152 Å². The van der Waals surface area contributed by atoms with Crippen molar-refractivity contribution in [2.75, 3.05) is 0 Å². The fraction of sp³-hybridized carbons (Fsp3) is 0. The Morgan fingerprint density at radius 2 is 0.755 bits per heavy atom. The first kappa shape index (κ1) is 28.6. The van der Waals surface area contributed by atoms with E-state index in [1.54, 1.807) is 0 Å². The quantitative estimate of drug-likeness (QED) is 0.184. The van der Waals surface area contributed by atoms with E-state index in [9.17, 15) is 0 Å². The third kappa shape index (κ3) is 5.58. The van der Waals surface area contributed by atoms with Crippen molar-refractivity contribution >= 4 is 21.9 Å². The minimum Gasteiger partial charge on any atom is -0.456 e. The highest BCUT2D eigenvalue weighted by Crippen LogP contribution is 2.35. The second-order valence-electron chi connectivity index (χ2n) is 12.2. The molecule has 9 rings (SSSR count). The third-order valence-electron chi connectivity index (χ3n) is 9.13. The molecule has 0 radical (unpaired) electrons. The van der Waals surface area contributed by atoms with Crippen molar-refractivity contribution in [2.45, 2.75) is 0 Å². The summed E-state index contributed by atoms with van der Waals surface area (Å²) in [5.74, 6) is 0.673. The lowest BCUT2D eigenvalue weighted by atomic mass is 9.98. The molecule has 0 unspecified atom stereocenters. The number of rotatable bonds is 6.